The fourth-order valence-electron chi connectivity index (χ4n) is 4.73. The van der Waals surface area contributed by atoms with Crippen molar-refractivity contribution in [1.82, 2.24) is 20.8 Å². The molecule has 0 bridgehead atoms. The fraction of sp³-hybridized carbons (Fsp3) is 0.435. The molecule has 1 atom stereocenters. The van der Waals surface area contributed by atoms with Gasteiger partial charge in [-0.1, -0.05) is 23.4 Å². The Morgan fingerprint density at radius 2 is 1.90 bits per heavy atom. The van der Waals surface area contributed by atoms with Crippen LogP contribution in [0, 0.1) is 6.92 Å². The molecule has 2 aliphatic heterocycles. The number of thiazole rings is 1. The van der Waals surface area contributed by atoms with Gasteiger partial charge in [-0.2, -0.15) is 5.43 Å². The van der Waals surface area contributed by atoms with Crippen LogP contribution in [-0.4, -0.2) is 36.1 Å². The number of hydrogen-bond donors (Lipinski definition) is 2. The molecule has 2 N–H and O–H groups in total. The SMILES string of the molecule is Cc1cc(C2N=NNN2)c(N2CCN(Cc3nc4ccccc4s3)CC2)cc1C1CC1. The van der Waals surface area contributed by atoms with Gasteiger partial charge in [0.05, 0.1) is 16.8 Å². The predicted octanol–water partition coefficient (Wildman–Crippen LogP) is 4.28. The van der Waals surface area contributed by atoms with E-state index in [-0.39, 0.29) is 6.17 Å². The van der Waals surface area contributed by atoms with Crippen molar-refractivity contribution in [3.05, 3.63) is 58.1 Å². The Hall–Kier alpha value is -2.55. The van der Waals surface area contributed by atoms with E-state index in [1.807, 2.05) is 11.3 Å². The molecule has 1 aromatic heterocycles. The highest BCUT2D eigenvalue weighted by Gasteiger charge is 2.30. The summed E-state index contributed by atoms with van der Waals surface area (Å²) in [6.45, 7) is 7.28. The molecule has 1 unspecified atom stereocenters. The Bertz CT molecular complexity index is 1100. The summed E-state index contributed by atoms with van der Waals surface area (Å²) in [5.74, 6) is 0.740. The van der Waals surface area contributed by atoms with Crippen LogP contribution in [0.15, 0.2) is 46.7 Å². The number of rotatable bonds is 5. The smallest absolute Gasteiger partial charge is 0.168 e. The second kappa shape index (κ2) is 7.85. The Labute approximate surface area is 186 Å². The first-order chi connectivity index (χ1) is 15.2. The van der Waals surface area contributed by atoms with Crippen LogP contribution in [0.3, 0.4) is 0 Å². The highest BCUT2D eigenvalue weighted by Crippen LogP contribution is 2.44. The number of fused-ring (bicyclic) bond motifs is 1. The van der Waals surface area contributed by atoms with Crippen LogP contribution in [-0.2, 0) is 6.54 Å². The van der Waals surface area contributed by atoms with Crippen molar-refractivity contribution in [2.75, 3.05) is 31.1 Å². The maximum Gasteiger partial charge on any atom is 0.168 e. The Balaban J connectivity index is 1.20. The Morgan fingerprint density at radius 1 is 1.06 bits per heavy atom. The molecular weight excluding hydrogens is 406 g/mol. The molecule has 2 fully saturated rings. The number of hydrogen-bond acceptors (Lipinski definition) is 8. The third kappa shape index (κ3) is 3.79. The molecule has 31 heavy (non-hydrogen) atoms. The number of nitrogens with zero attached hydrogens (tertiary/aromatic N) is 5. The topological polar surface area (TPSA) is 68.2 Å². The van der Waals surface area contributed by atoms with Gasteiger partial charge in [-0.3, -0.25) is 4.90 Å². The molecule has 7 nitrogen and oxygen atoms in total. The lowest BCUT2D eigenvalue weighted by Gasteiger charge is -2.37. The molecule has 0 radical (unpaired) electrons. The minimum Gasteiger partial charge on any atom is -0.369 e. The van der Waals surface area contributed by atoms with Crippen molar-refractivity contribution < 1.29 is 0 Å². The van der Waals surface area contributed by atoms with Crippen LogP contribution in [0.5, 0.6) is 0 Å². The quantitative estimate of drug-likeness (QED) is 0.629. The molecule has 6 rings (SSSR count). The van der Waals surface area contributed by atoms with Crippen molar-refractivity contribution in [1.29, 1.82) is 0 Å². The zero-order valence-electron chi connectivity index (χ0n) is 17.7. The Morgan fingerprint density at radius 3 is 2.65 bits per heavy atom. The normalized spacial score (nSPS) is 21.7. The number of hydrazine groups is 1. The minimum atomic E-state index is -0.122. The van der Waals surface area contributed by atoms with Crippen LogP contribution in [0.1, 0.15) is 46.6 Å². The minimum absolute atomic E-state index is 0.122. The molecule has 2 aromatic carbocycles. The fourth-order valence-corrected chi connectivity index (χ4v) is 5.74. The zero-order chi connectivity index (χ0) is 20.8. The number of para-hydroxylation sites is 1. The monoisotopic (exact) mass is 433 g/mol. The van der Waals surface area contributed by atoms with Gasteiger partial charge in [0.15, 0.2) is 6.17 Å². The summed E-state index contributed by atoms with van der Waals surface area (Å²) in [7, 11) is 0. The summed E-state index contributed by atoms with van der Waals surface area (Å²) in [4.78, 5) is 9.88. The predicted molar refractivity (Wildman–Crippen MR) is 124 cm³/mol. The van der Waals surface area contributed by atoms with Gasteiger partial charge in [0.2, 0.25) is 0 Å². The lowest BCUT2D eigenvalue weighted by Crippen LogP contribution is -2.46. The average molecular weight is 434 g/mol. The summed E-state index contributed by atoms with van der Waals surface area (Å²) >= 11 is 1.82. The van der Waals surface area contributed by atoms with Gasteiger partial charge in [0, 0.05) is 37.4 Å². The summed E-state index contributed by atoms with van der Waals surface area (Å²) in [6, 6.07) is 13.2. The molecule has 8 heteroatoms. The van der Waals surface area contributed by atoms with E-state index in [1.54, 1.807) is 0 Å². The number of aromatic nitrogens is 1. The number of benzene rings is 2. The van der Waals surface area contributed by atoms with E-state index in [0.717, 1.165) is 44.2 Å². The zero-order valence-corrected chi connectivity index (χ0v) is 18.5. The number of anilines is 1. The molecule has 1 saturated carbocycles. The molecule has 160 valence electrons. The van der Waals surface area contributed by atoms with E-state index in [9.17, 15) is 0 Å². The van der Waals surface area contributed by atoms with Crippen LogP contribution < -0.4 is 15.9 Å². The van der Waals surface area contributed by atoms with E-state index < -0.39 is 0 Å². The van der Waals surface area contributed by atoms with Crippen LogP contribution in [0.25, 0.3) is 10.2 Å². The highest BCUT2D eigenvalue weighted by atomic mass is 32.1. The maximum atomic E-state index is 4.82. The first kappa shape index (κ1) is 19.2. The third-order valence-electron chi connectivity index (χ3n) is 6.56. The van der Waals surface area contributed by atoms with Gasteiger partial charge in [-0.15, -0.1) is 16.5 Å². The molecule has 3 heterocycles. The molecular formula is C23H27N7S. The molecule has 3 aromatic rings. The van der Waals surface area contributed by atoms with Gasteiger partial charge >= 0.3 is 0 Å². The lowest BCUT2D eigenvalue weighted by atomic mass is 9.97. The first-order valence-electron chi connectivity index (χ1n) is 11.1. The van der Waals surface area contributed by atoms with E-state index in [0.29, 0.717) is 0 Å². The first-order valence-corrected chi connectivity index (χ1v) is 11.9. The summed E-state index contributed by atoms with van der Waals surface area (Å²) in [6.07, 6.45) is 2.51. The standard InChI is InChI=1S/C23H27N7S/c1-15-12-18(23-25-27-28-26-23)20(13-17(15)16-6-7-16)30-10-8-29(9-11-30)14-22-24-19-4-2-3-5-21(19)31-22/h2-5,12-13,16,23H,6-11,14H2,1H3,(H,25,28)(H,26,27). The van der Waals surface area contributed by atoms with Gasteiger partial charge in [-0.25, -0.2) is 10.5 Å². The van der Waals surface area contributed by atoms with Gasteiger partial charge in [-0.05, 0) is 55.0 Å². The molecule has 0 amide bonds. The van der Waals surface area contributed by atoms with Crippen LogP contribution >= 0.6 is 11.3 Å². The largest absolute Gasteiger partial charge is 0.369 e. The van der Waals surface area contributed by atoms with Gasteiger partial charge in [0.1, 0.15) is 5.01 Å². The van der Waals surface area contributed by atoms with E-state index in [4.69, 9.17) is 4.98 Å². The van der Waals surface area contributed by atoms with Gasteiger partial charge in [0.25, 0.3) is 0 Å². The Kier molecular flexibility index (Phi) is 4.85. The van der Waals surface area contributed by atoms with Crippen molar-refractivity contribution in [2.45, 2.75) is 38.4 Å². The third-order valence-corrected chi connectivity index (χ3v) is 7.58. The lowest BCUT2D eigenvalue weighted by molar-refractivity contribution is 0.249. The number of nitrogens with one attached hydrogen (secondary N) is 2. The molecule has 0 spiro atoms. The van der Waals surface area contributed by atoms with Crippen molar-refractivity contribution in [2.24, 2.45) is 10.3 Å². The summed E-state index contributed by atoms with van der Waals surface area (Å²) in [5.41, 5.74) is 12.5. The van der Waals surface area contributed by atoms with E-state index >= 15 is 0 Å². The highest BCUT2D eigenvalue weighted by molar-refractivity contribution is 7.18. The summed E-state index contributed by atoms with van der Waals surface area (Å²) < 4.78 is 1.28. The average Bonchev–Trinajstić information content (AvgIpc) is 3.31. The molecule has 1 aliphatic carbocycles. The van der Waals surface area contributed by atoms with Gasteiger partial charge < -0.3 is 4.90 Å². The number of aryl methyl sites for hydroxylation is 1. The van der Waals surface area contributed by atoms with E-state index in [1.165, 1.54) is 44.9 Å². The van der Waals surface area contributed by atoms with Crippen molar-refractivity contribution in [3.63, 3.8) is 0 Å². The second-order valence-electron chi connectivity index (χ2n) is 8.75. The molecule has 1 saturated heterocycles. The van der Waals surface area contributed by atoms with E-state index in [2.05, 4.69) is 74.4 Å². The second-order valence-corrected chi connectivity index (χ2v) is 9.87. The van der Waals surface area contributed by atoms with Crippen molar-refractivity contribution in [3.8, 4) is 0 Å². The summed E-state index contributed by atoms with van der Waals surface area (Å²) in [5, 5.41) is 9.49. The van der Waals surface area contributed by atoms with Crippen LogP contribution in [0.4, 0.5) is 5.69 Å². The van der Waals surface area contributed by atoms with Crippen molar-refractivity contribution >= 4 is 27.2 Å². The molecule has 3 aliphatic rings. The van der Waals surface area contributed by atoms with Crippen LogP contribution in [0.2, 0.25) is 0 Å². The maximum absolute atomic E-state index is 4.82. The number of piperazine rings is 1.